The van der Waals surface area contributed by atoms with Gasteiger partial charge in [-0.1, -0.05) is 6.07 Å². The summed E-state index contributed by atoms with van der Waals surface area (Å²) in [6, 6.07) is 4.75. The zero-order chi connectivity index (χ0) is 12.9. The normalized spacial score (nSPS) is 12.9. The van der Waals surface area contributed by atoms with E-state index in [2.05, 4.69) is 10.3 Å². The topological polar surface area (TPSA) is 71.5 Å². The summed E-state index contributed by atoms with van der Waals surface area (Å²) in [7, 11) is 0. The summed E-state index contributed by atoms with van der Waals surface area (Å²) in [6.45, 7) is 5.11. The minimum atomic E-state index is -0.567. The first kappa shape index (κ1) is 13.4. The molecule has 0 bridgehead atoms. The fourth-order valence-corrected chi connectivity index (χ4v) is 1.25. The molecule has 2 N–H and O–H groups in total. The number of ether oxygens (including phenoxy) is 1. The van der Waals surface area contributed by atoms with Gasteiger partial charge in [0.15, 0.2) is 0 Å². The number of amides is 1. The molecule has 1 rings (SSSR count). The van der Waals surface area contributed by atoms with Crippen molar-refractivity contribution in [3.8, 4) is 0 Å². The first-order valence-corrected chi connectivity index (χ1v) is 5.43. The van der Waals surface area contributed by atoms with Crippen molar-refractivity contribution in [3.05, 3.63) is 30.1 Å². The van der Waals surface area contributed by atoms with E-state index in [1.807, 2.05) is 0 Å². The lowest BCUT2D eigenvalue weighted by molar-refractivity contribution is 0.0480. The van der Waals surface area contributed by atoms with Gasteiger partial charge in [-0.05, 0) is 32.9 Å². The predicted molar refractivity (Wildman–Crippen MR) is 63.4 cm³/mol. The Kier molecular flexibility index (Phi) is 4.45. The molecule has 1 aromatic heterocycles. The zero-order valence-corrected chi connectivity index (χ0v) is 10.3. The molecule has 0 saturated heterocycles. The Morgan fingerprint density at radius 1 is 1.53 bits per heavy atom. The third-order valence-electron chi connectivity index (χ3n) is 1.92. The van der Waals surface area contributed by atoms with Crippen LogP contribution in [0.25, 0.3) is 0 Å². The summed E-state index contributed by atoms with van der Waals surface area (Å²) < 4.78 is 5.10. The van der Waals surface area contributed by atoms with Gasteiger partial charge in [-0.3, -0.25) is 4.98 Å². The van der Waals surface area contributed by atoms with Crippen LogP contribution >= 0.6 is 0 Å². The molecule has 5 heteroatoms. The molecule has 1 amide bonds. The lowest BCUT2D eigenvalue weighted by Crippen LogP contribution is -2.36. The van der Waals surface area contributed by atoms with Crippen LogP contribution in [0.15, 0.2) is 24.4 Å². The summed E-state index contributed by atoms with van der Waals surface area (Å²) in [6.07, 6.45) is 1.04. The maximum atomic E-state index is 11.5. The molecule has 0 radical (unpaired) electrons. The monoisotopic (exact) mass is 238 g/mol. The Hall–Kier alpha value is -1.62. The fraction of sp³-hybridized carbons (Fsp3) is 0.500. The molecule has 1 unspecified atom stereocenters. The number of aliphatic hydroxyl groups is 1. The van der Waals surface area contributed by atoms with Gasteiger partial charge in [0.1, 0.15) is 5.60 Å². The SMILES string of the molecule is CC(C)(C)OC(=O)NC(CO)c1ccccn1. The molecule has 0 fully saturated rings. The summed E-state index contributed by atoms with van der Waals surface area (Å²) in [5.41, 5.74) is 0.0367. The van der Waals surface area contributed by atoms with Crippen LogP contribution in [0.5, 0.6) is 0 Å². The van der Waals surface area contributed by atoms with Crippen molar-refractivity contribution >= 4 is 6.09 Å². The summed E-state index contributed by atoms with van der Waals surface area (Å²) >= 11 is 0. The van der Waals surface area contributed by atoms with Crippen LogP contribution in [-0.4, -0.2) is 28.4 Å². The number of nitrogens with zero attached hydrogens (tertiary/aromatic N) is 1. The molecule has 0 aliphatic rings. The number of nitrogens with one attached hydrogen (secondary N) is 1. The second-order valence-corrected chi connectivity index (χ2v) is 4.64. The average Bonchev–Trinajstić information content (AvgIpc) is 2.24. The van der Waals surface area contributed by atoms with Crippen LogP contribution < -0.4 is 5.32 Å². The van der Waals surface area contributed by atoms with E-state index in [4.69, 9.17) is 4.74 Å². The number of carbonyl (C=O) groups is 1. The van der Waals surface area contributed by atoms with Crippen molar-refractivity contribution in [3.63, 3.8) is 0 Å². The molecule has 17 heavy (non-hydrogen) atoms. The molecular formula is C12H18N2O3. The molecule has 0 aromatic carbocycles. The molecule has 0 aliphatic heterocycles. The van der Waals surface area contributed by atoms with Crippen molar-refractivity contribution in [2.75, 3.05) is 6.61 Å². The van der Waals surface area contributed by atoms with Crippen LogP contribution in [0.1, 0.15) is 32.5 Å². The Morgan fingerprint density at radius 2 is 2.24 bits per heavy atom. The molecule has 1 atom stereocenters. The van der Waals surface area contributed by atoms with Gasteiger partial charge in [-0.2, -0.15) is 0 Å². The molecule has 1 heterocycles. The summed E-state index contributed by atoms with van der Waals surface area (Å²) in [4.78, 5) is 15.6. The fourth-order valence-electron chi connectivity index (χ4n) is 1.25. The summed E-state index contributed by atoms with van der Waals surface area (Å²) in [5.74, 6) is 0. The lowest BCUT2D eigenvalue weighted by Gasteiger charge is -2.22. The van der Waals surface area contributed by atoms with E-state index in [0.29, 0.717) is 5.69 Å². The van der Waals surface area contributed by atoms with E-state index < -0.39 is 17.7 Å². The van der Waals surface area contributed by atoms with E-state index in [9.17, 15) is 9.90 Å². The van der Waals surface area contributed by atoms with E-state index in [1.165, 1.54) is 0 Å². The van der Waals surface area contributed by atoms with Crippen LogP contribution in [-0.2, 0) is 4.74 Å². The van der Waals surface area contributed by atoms with Crippen molar-refractivity contribution in [1.29, 1.82) is 0 Å². The highest BCUT2D eigenvalue weighted by molar-refractivity contribution is 5.68. The van der Waals surface area contributed by atoms with Gasteiger partial charge in [-0.15, -0.1) is 0 Å². The summed E-state index contributed by atoms with van der Waals surface area (Å²) in [5, 5.41) is 11.8. The standard InChI is InChI=1S/C12H18N2O3/c1-12(2,3)17-11(16)14-10(8-15)9-6-4-5-7-13-9/h4-7,10,15H,8H2,1-3H3,(H,14,16). The number of pyridine rings is 1. The predicted octanol–water partition coefficient (Wildman–Crippen LogP) is 1.64. The van der Waals surface area contributed by atoms with Crippen LogP contribution in [0.2, 0.25) is 0 Å². The lowest BCUT2D eigenvalue weighted by atomic mass is 10.2. The molecule has 5 nitrogen and oxygen atoms in total. The van der Waals surface area contributed by atoms with Gasteiger partial charge in [0.2, 0.25) is 0 Å². The van der Waals surface area contributed by atoms with Crippen molar-refractivity contribution in [2.45, 2.75) is 32.4 Å². The average molecular weight is 238 g/mol. The second kappa shape index (κ2) is 5.63. The molecular weight excluding hydrogens is 220 g/mol. The molecule has 0 aliphatic carbocycles. The van der Waals surface area contributed by atoms with Gasteiger partial charge < -0.3 is 15.2 Å². The second-order valence-electron chi connectivity index (χ2n) is 4.64. The number of alkyl carbamates (subject to hydrolysis) is 1. The molecule has 94 valence electrons. The van der Waals surface area contributed by atoms with E-state index in [0.717, 1.165) is 0 Å². The third-order valence-corrected chi connectivity index (χ3v) is 1.92. The van der Waals surface area contributed by atoms with Gasteiger partial charge in [0, 0.05) is 6.20 Å². The van der Waals surface area contributed by atoms with Gasteiger partial charge in [0.05, 0.1) is 18.3 Å². The molecule has 0 spiro atoms. The van der Waals surface area contributed by atoms with Crippen LogP contribution in [0, 0.1) is 0 Å². The zero-order valence-electron chi connectivity index (χ0n) is 10.3. The van der Waals surface area contributed by atoms with E-state index in [-0.39, 0.29) is 6.61 Å². The number of aliphatic hydroxyl groups excluding tert-OH is 1. The number of hydrogen-bond acceptors (Lipinski definition) is 4. The maximum Gasteiger partial charge on any atom is 0.408 e. The molecule has 0 saturated carbocycles. The molecule has 1 aromatic rings. The Bertz CT molecular complexity index is 360. The largest absolute Gasteiger partial charge is 0.444 e. The van der Waals surface area contributed by atoms with E-state index >= 15 is 0 Å². The Labute approximate surface area is 101 Å². The van der Waals surface area contributed by atoms with Gasteiger partial charge >= 0.3 is 6.09 Å². The number of aromatic nitrogens is 1. The Balaban J connectivity index is 2.62. The quantitative estimate of drug-likeness (QED) is 0.839. The maximum absolute atomic E-state index is 11.5. The van der Waals surface area contributed by atoms with Gasteiger partial charge in [0.25, 0.3) is 0 Å². The number of hydrogen-bond donors (Lipinski definition) is 2. The van der Waals surface area contributed by atoms with Crippen molar-refractivity contribution < 1.29 is 14.6 Å². The number of carbonyl (C=O) groups excluding carboxylic acids is 1. The smallest absolute Gasteiger partial charge is 0.408 e. The van der Waals surface area contributed by atoms with Crippen molar-refractivity contribution in [1.82, 2.24) is 10.3 Å². The van der Waals surface area contributed by atoms with Gasteiger partial charge in [-0.25, -0.2) is 4.79 Å². The minimum absolute atomic E-state index is 0.226. The Morgan fingerprint density at radius 3 is 2.71 bits per heavy atom. The first-order chi connectivity index (χ1) is 7.92. The number of rotatable bonds is 3. The first-order valence-electron chi connectivity index (χ1n) is 5.43. The van der Waals surface area contributed by atoms with Crippen LogP contribution in [0.3, 0.4) is 0 Å². The third kappa shape index (κ3) is 4.82. The van der Waals surface area contributed by atoms with E-state index in [1.54, 1.807) is 45.2 Å². The highest BCUT2D eigenvalue weighted by Crippen LogP contribution is 2.11. The minimum Gasteiger partial charge on any atom is -0.444 e. The highest BCUT2D eigenvalue weighted by atomic mass is 16.6. The van der Waals surface area contributed by atoms with Crippen LogP contribution in [0.4, 0.5) is 4.79 Å². The highest BCUT2D eigenvalue weighted by Gasteiger charge is 2.20. The van der Waals surface area contributed by atoms with Crippen molar-refractivity contribution in [2.24, 2.45) is 0 Å².